The van der Waals surface area contributed by atoms with E-state index in [2.05, 4.69) is 35.9 Å². The van der Waals surface area contributed by atoms with Gasteiger partial charge in [-0.15, -0.1) is 0 Å². The van der Waals surface area contributed by atoms with Gasteiger partial charge in [0, 0.05) is 55.2 Å². The Bertz CT molecular complexity index is 1220. The molecule has 5 rings (SSSR count). The van der Waals surface area contributed by atoms with Crippen LogP contribution >= 0.6 is 0 Å². The van der Waals surface area contributed by atoms with E-state index in [9.17, 15) is 4.79 Å². The number of carbonyl (C=O) groups excluding carboxylic acids is 1. The molecule has 32 heavy (non-hydrogen) atoms. The van der Waals surface area contributed by atoms with Crippen LogP contribution in [0.15, 0.2) is 49.1 Å². The molecular formula is C22H24N8O2. The molecule has 1 saturated carbocycles. The maximum absolute atomic E-state index is 12.1. The van der Waals surface area contributed by atoms with Crippen LogP contribution in [0.25, 0.3) is 10.9 Å². The first-order valence-electron chi connectivity index (χ1n) is 10.6. The van der Waals surface area contributed by atoms with Crippen LogP contribution in [0.4, 0.5) is 16.4 Å². The van der Waals surface area contributed by atoms with Crippen LogP contribution in [-0.2, 0) is 18.3 Å². The van der Waals surface area contributed by atoms with Crippen LogP contribution in [0, 0.1) is 0 Å². The topological polar surface area (TPSA) is 123 Å². The van der Waals surface area contributed by atoms with Gasteiger partial charge in [0.15, 0.2) is 11.6 Å². The first kappa shape index (κ1) is 20.0. The highest BCUT2D eigenvalue weighted by Gasteiger charge is 2.30. The molecule has 4 aromatic rings. The maximum Gasteiger partial charge on any atom is 0.407 e. The molecule has 10 heteroatoms. The quantitative estimate of drug-likeness (QED) is 0.427. The molecule has 4 heterocycles. The minimum Gasteiger partial charge on any atom is -0.446 e. The van der Waals surface area contributed by atoms with Crippen molar-refractivity contribution in [2.75, 3.05) is 5.32 Å². The minimum absolute atomic E-state index is 0.113. The van der Waals surface area contributed by atoms with E-state index in [1.54, 1.807) is 23.3 Å². The maximum atomic E-state index is 12.1. The summed E-state index contributed by atoms with van der Waals surface area (Å²) in [6, 6.07) is 7.67. The first-order chi connectivity index (χ1) is 15.7. The molecule has 1 fully saturated rings. The van der Waals surface area contributed by atoms with Crippen molar-refractivity contribution in [2.24, 2.45) is 7.05 Å². The van der Waals surface area contributed by atoms with E-state index in [1.165, 1.54) is 0 Å². The lowest BCUT2D eigenvalue weighted by Crippen LogP contribution is -2.27. The predicted octanol–water partition coefficient (Wildman–Crippen LogP) is 3.39. The van der Waals surface area contributed by atoms with Crippen molar-refractivity contribution < 1.29 is 9.53 Å². The molecule has 4 aromatic heterocycles. The number of aromatic amines is 1. The first-order valence-corrected chi connectivity index (χ1v) is 10.6. The van der Waals surface area contributed by atoms with Crippen LogP contribution in [-0.4, -0.2) is 42.1 Å². The summed E-state index contributed by atoms with van der Waals surface area (Å²) in [6.07, 6.45) is 8.98. The van der Waals surface area contributed by atoms with E-state index in [1.807, 2.05) is 37.5 Å². The molecule has 0 radical (unpaired) electrons. The van der Waals surface area contributed by atoms with Gasteiger partial charge in [0.2, 0.25) is 0 Å². The highest BCUT2D eigenvalue weighted by molar-refractivity contribution is 5.89. The fraction of sp³-hybridized carbons (Fsp3) is 0.318. The van der Waals surface area contributed by atoms with Crippen molar-refractivity contribution in [3.05, 3.63) is 60.3 Å². The average molecular weight is 432 g/mol. The van der Waals surface area contributed by atoms with Crippen LogP contribution < -0.4 is 10.6 Å². The number of rotatable bonds is 6. The van der Waals surface area contributed by atoms with Crippen molar-refractivity contribution in [3.8, 4) is 0 Å². The number of hydrogen-bond acceptors (Lipinski definition) is 7. The number of hydrogen-bond donors (Lipinski definition) is 3. The standard InChI is InChI=1S/C22H24N8O2/c1-30-20-16(13-26-30)6-8-24-21(20)27-19-10-18(28-29-19)15-4-5-17(9-15)32-22(31)25-12-14-3-2-7-23-11-14/h2-3,6-8,10-11,13,15,17H,4-5,9,12H2,1H3,(H,25,31)(H2,24,27,28,29)/t15-,17+/m0/s1. The van der Waals surface area contributed by atoms with Crippen molar-refractivity contribution in [2.45, 2.75) is 37.8 Å². The number of anilines is 2. The van der Waals surface area contributed by atoms with E-state index >= 15 is 0 Å². The SMILES string of the molecule is Cn1ncc2ccnc(Nc3cc([C@H]4CC[C@@H](OC(=O)NCc5cccnc5)C4)[nH]n3)c21. The summed E-state index contributed by atoms with van der Waals surface area (Å²) in [5.74, 6) is 1.66. The molecule has 10 nitrogen and oxygen atoms in total. The van der Waals surface area contributed by atoms with E-state index in [0.717, 1.165) is 41.4 Å². The molecule has 0 spiro atoms. The minimum atomic E-state index is -0.401. The van der Waals surface area contributed by atoms with Crippen molar-refractivity contribution in [3.63, 3.8) is 0 Å². The second-order valence-electron chi connectivity index (χ2n) is 7.95. The lowest BCUT2D eigenvalue weighted by Gasteiger charge is -2.13. The Labute approximate surface area is 184 Å². The number of nitrogens with zero attached hydrogens (tertiary/aromatic N) is 5. The molecule has 0 unspecified atom stereocenters. The molecule has 1 amide bonds. The summed E-state index contributed by atoms with van der Waals surface area (Å²) in [5.41, 5.74) is 2.87. The number of amides is 1. The van der Waals surface area contributed by atoms with Crippen molar-refractivity contribution in [1.29, 1.82) is 0 Å². The summed E-state index contributed by atoms with van der Waals surface area (Å²) in [5, 5.41) is 18.9. The lowest BCUT2D eigenvalue weighted by atomic mass is 10.0. The van der Waals surface area contributed by atoms with Gasteiger partial charge in [-0.2, -0.15) is 10.2 Å². The second-order valence-corrected chi connectivity index (χ2v) is 7.95. The van der Waals surface area contributed by atoms with E-state index in [4.69, 9.17) is 4.74 Å². The van der Waals surface area contributed by atoms with Gasteiger partial charge in [-0.3, -0.25) is 14.8 Å². The predicted molar refractivity (Wildman–Crippen MR) is 118 cm³/mol. The number of H-pyrrole nitrogens is 1. The summed E-state index contributed by atoms with van der Waals surface area (Å²) in [7, 11) is 1.89. The highest BCUT2D eigenvalue weighted by atomic mass is 16.6. The molecule has 0 saturated heterocycles. The largest absolute Gasteiger partial charge is 0.446 e. The Morgan fingerprint density at radius 2 is 2.22 bits per heavy atom. The van der Waals surface area contributed by atoms with Gasteiger partial charge in [-0.05, 0) is 37.0 Å². The third-order valence-corrected chi connectivity index (χ3v) is 5.75. The summed E-state index contributed by atoms with van der Waals surface area (Å²) in [4.78, 5) is 20.6. The number of pyridine rings is 2. The van der Waals surface area contributed by atoms with Crippen molar-refractivity contribution >= 4 is 28.6 Å². The van der Waals surface area contributed by atoms with Crippen LogP contribution in [0.1, 0.15) is 36.4 Å². The van der Waals surface area contributed by atoms with E-state index in [0.29, 0.717) is 18.2 Å². The molecule has 3 N–H and O–H groups in total. The number of ether oxygens (including phenoxy) is 1. The van der Waals surface area contributed by atoms with Crippen LogP contribution in [0.5, 0.6) is 0 Å². The number of alkyl carbamates (subject to hydrolysis) is 1. The number of fused-ring (bicyclic) bond motifs is 1. The van der Waals surface area contributed by atoms with E-state index < -0.39 is 6.09 Å². The second kappa shape index (κ2) is 8.66. The van der Waals surface area contributed by atoms with Crippen LogP contribution in [0.3, 0.4) is 0 Å². The molecule has 2 atom stereocenters. The zero-order valence-electron chi connectivity index (χ0n) is 17.7. The number of carbonyl (C=O) groups is 1. The Hall–Kier alpha value is -3.95. The number of aromatic nitrogens is 6. The molecular weight excluding hydrogens is 408 g/mol. The molecule has 1 aliphatic carbocycles. The lowest BCUT2D eigenvalue weighted by molar-refractivity contribution is 0.0996. The summed E-state index contributed by atoms with van der Waals surface area (Å²) in [6.45, 7) is 0.399. The molecule has 0 aliphatic heterocycles. The Morgan fingerprint density at radius 1 is 1.28 bits per heavy atom. The zero-order valence-corrected chi connectivity index (χ0v) is 17.7. The number of aryl methyl sites for hydroxylation is 1. The van der Waals surface area contributed by atoms with Gasteiger partial charge < -0.3 is 15.4 Å². The van der Waals surface area contributed by atoms with Gasteiger partial charge in [0.05, 0.1) is 6.20 Å². The Balaban J connectivity index is 1.16. The Morgan fingerprint density at radius 3 is 3.09 bits per heavy atom. The van der Waals surface area contributed by atoms with Gasteiger partial charge in [0.25, 0.3) is 0 Å². The normalized spacial score (nSPS) is 18.0. The van der Waals surface area contributed by atoms with Crippen LogP contribution in [0.2, 0.25) is 0 Å². The zero-order chi connectivity index (χ0) is 21.9. The monoisotopic (exact) mass is 432 g/mol. The highest BCUT2D eigenvalue weighted by Crippen LogP contribution is 2.36. The number of nitrogens with one attached hydrogen (secondary N) is 3. The average Bonchev–Trinajstić information content (AvgIpc) is 3.54. The molecule has 0 aromatic carbocycles. The van der Waals surface area contributed by atoms with Gasteiger partial charge in [-0.25, -0.2) is 9.78 Å². The third kappa shape index (κ3) is 4.25. The third-order valence-electron chi connectivity index (χ3n) is 5.75. The molecule has 164 valence electrons. The van der Waals surface area contributed by atoms with E-state index in [-0.39, 0.29) is 12.0 Å². The molecule has 0 bridgehead atoms. The van der Waals surface area contributed by atoms with Crippen molar-refractivity contribution in [1.82, 2.24) is 35.3 Å². The summed E-state index contributed by atoms with van der Waals surface area (Å²) < 4.78 is 7.39. The summed E-state index contributed by atoms with van der Waals surface area (Å²) >= 11 is 0. The van der Waals surface area contributed by atoms with Gasteiger partial charge in [-0.1, -0.05) is 6.07 Å². The smallest absolute Gasteiger partial charge is 0.407 e. The fourth-order valence-electron chi connectivity index (χ4n) is 4.14. The van der Waals surface area contributed by atoms with Gasteiger partial charge >= 0.3 is 6.09 Å². The fourth-order valence-corrected chi connectivity index (χ4v) is 4.14. The Kier molecular flexibility index (Phi) is 5.40. The van der Waals surface area contributed by atoms with Gasteiger partial charge in [0.1, 0.15) is 11.6 Å². The molecule has 1 aliphatic rings.